The molecule has 8 nitrogen and oxygen atoms in total. The van der Waals surface area contributed by atoms with Crippen molar-refractivity contribution in [3.63, 3.8) is 0 Å². The van der Waals surface area contributed by atoms with Gasteiger partial charge in [-0.2, -0.15) is 0 Å². The molecule has 3 heterocycles. The lowest BCUT2D eigenvalue weighted by atomic mass is 10.2. The first-order valence-electron chi connectivity index (χ1n) is 7.62. The third-order valence-electron chi connectivity index (χ3n) is 4.25. The number of hydrogen-bond acceptors (Lipinski definition) is 7. The van der Waals surface area contributed by atoms with E-state index in [9.17, 15) is 19.2 Å². The first-order valence-corrected chi connectivity index (χ1v) is 9.48. The zero-order chi connectivity index (χ0) is 18.2. The smallest absolute Gasteiger partial charge is 0.330 e. The number of ether oxygens (including phenoxy) is 1. The Morgan fingerprint density at radius 3 is 2.96 bits per heavy atom. The van der Waals surface area contributed by atoms with Crippen molar-refractivity contribution < 1.29 is 23.9 Å². The average molecular weight is 383 g/mol. The highest BCUT2D eigenvalue weighted by atomic mass is 32.2. The van der Waals surface area contributed by atoms with Gasteiger partial charge in [-0.3, -0.25) is 14.4 Å². The van der Waals surface area contributed by atoms with Gasteiger partial charge in [0, 0.05) is 12.2 Å². The van der Waals surface area contributed by atoms with Crippen LogP contribution in [0.25, 0.3) is 0 Å². The van der Waals surface area contributed by atoms with Gasteiger partial charge >= 0.3 is 5.97 Å². The maximum Gasteiger partial charge on any atom is 0.330 e. The molecule has 2 fully saturated rings. The molecule has 2 saturated heterocycles. The molecule has 2 atom stereocenters. The summed E-state index contributed by atoms with van der Waals surface area (Å²) in [6.07, 6.45) is 1.12. The fourth-order valence-corrected chi connectivity index (χ4v) is 5.22. The van der Waals surface area contributed by atoms with Gasteiger partial charge in [0.1, 0.15) is 11.0 Å². The number of hydrogen-bond donors (Lipinski definition) is 2. The molecule has 25 heavy (non-hydrogen) atoms. The molecule has 0 bridgehead atoms. The number of rotatable bonds is 5. The molecule has 3 rings (SSSR count). The minimum Gasteiger partial charge on any atom is -0.454 e. The van der Waals surface area contributed by atoms with Crippen LogP contribution in [-0.4, -0.2) is 51.9 Å². The summed E-state index contributed by atoms with van der Waals surface area (Å²) >= 11 is 2.70. The van der Waals surface area contributed by atoms with Gasteiger partial charge in [-0.25, -0.2) is 4.79 Å². The van der Waals surface area contributed by atoms with Crippen molar-refractivity contribution in [2.75, 3.05) is 17.7 Å². The quantitative estimate of drug-likeness (QED) is 0.726. The van der Waals surface area contributed by atoms with E-state index in [1.54, 1.807) is 22.0 Å². The number of anilines is 1. The maximum absolute atomic E-state index is 12.3. The number of fused-ring (bicyclic) bond motifs is 1. The van der Waals surface area contributed by atoms with E-state index in [1.165, 1.54) is 6.07 Å². The van der Waals surface area contributed by atoms with Crippen LogP contribution in [0.5, 0.6) is 0 Å². The van der Waals surface area contributed by atoms with Crippen LogP contribution in [-0.2, 0) is 19.1 Å². The topological polar surface area (TPSA) is 119 Å². The van der Waals surface area contributed by atoms with E-state index in [0.29, 0.717) is 23.6 Å². The second kappa shape index (κ2) is 6.68. The summed E-state index contributed by atoms with van der Waals surface area (Å²) in [4.78, 5) is 48.7. The lowest BCUT2D eigenvalue weighted by Crippen LogP contribution is -2.47. The van der Waals surface area contributed by atoms with Crippen LogP contribution < -0.4 is 11.1 Å². The normalized spacial score (nSPS) is 24.9. The summed E-state index contributed by atoms with van der Waals surface area (Å²) < 4.78 is 5.07. The van der Waals surface area contributed by atoms with E-state index in [-0.39, 0.29) is 16.3 Å². The Hall–Kier alpha value is -2.07. The van der Waals surface area contributed by atoms with Crippen LogP contribution >= 0.6 is 23.1 Å². The van der Waals surface area contributed by atoms with E-state index >= 15 is 0 Å². The molecule has 2 aliphatic heterocycles. The second-order valence-electron chi connectivity index (χ2n) is 5.95. The molecule has 0 unspecified atom stereocenters. The standard InChI is InChI=1S/C15H17N3O5S2/c1-15-4-2-11(20)18(15)9(7-25-15)14(22)23-6-10(19)17-13-8(12(16)21)3-5-24-13/h3,5,9H,2,4,6-7H2,1H3,(H2,16,21)(H,17,19)/t9-,15+/m1/s1. The third kappa shape index (κ3) is 3.36. The molecular weight excluding hydrogens is 366 g/mol. The van der Waals surface area contributed by atoms with Crippen molar-refractivity contribution in [2.24, 2.45) is 5.73 Å². The number of thioether (sulfide) groups is 1. The molecule has 10 heteroatoms. The van der Waals surface area contributed by atoms with Crippen molar-refractivity contribution in [3.8, 4) is 0 Å². The monoisotopic (exact) mass is 383 g/mol. The van der Waals surface area contributed by atoms with Crippen molar-refractivity contribution >= 4 is 51.8 Å². The summed E-state index contributed by atoms with van der Waals surface area (Å²) in [6.45, 7) is 1.44. The Labute approximate surface area is 152 Å². The first kappa shape index (κ1) is 17.7. The molecule has 134 valence electrons. The molecule has 0 aromatic carbocycles. The van der Waals surface area contributed by atoms with Crippen molar-refractivity contribution in [2.45, 2.75) is 30.7 Å². The summed E-state index contributed by atoms with van der Waals surface area (Å²) in [5.74, 6) is -1.42. The molecule has 1 aromatic rings. The summed E-state index contributed by atoms with van der Waals surface area (Å²) in [6, 6.07) is 0.838. The Kier molecular flexibility index (Phi) is 4.74. The Morgan fingerprint density at radius 2 is 2.24 bits per heavy atom. The largest absolute Gasteiger partial charge is 0.454 e. The van der Waals surface area contributed by atoms with Crippen LogP contribution in [0, 0.1) is 0 Å². The average Bonchev–Trinajstić information content (AvgIpc) is 3.21. The predicted octanol–water partition coefficient (Wildman–Crippen LogP) is 0.783. The van der Waals surface area contributed by atoms with Crippen LogP contribution in [0.3, 0.4) is 0 Å². The highest BCUT2D eigenvalue weighted by Gasteiger charge is 2.53. The number of carbonyl (C=O) groups excluding carboxylic acids is 4. The molecule has 3 N–H and O–H groups in total. The summed E-state index contributed by atoms with van der Waals surface area (Å²) in [5.41, 5.74) is 5.41. The van der Waals surface area contributed by atoms with E-state index < -0.39 is 30.4 Å². The SMILES string of the molecule is C[C@]12CCC(=O)N1[C@@H](C(=O)OCC(=O)Nc1sccc1C(N)=O)CS2. The number of nitrogens with one attached hydrogen (secondary N) is 1. The Balaban J connectivity index is 1.56. The molecular formula is C15H17N3O5S2. The van der Waals surface area contributed by atoms with Gasteiger partial charge in [-0.1, -0.05) is 0 Å². The van der Waals surface area contributed by atoms with Crippen molar-refractivity contribution in [3.05, 3.63) is 17.0 Å². The first-order chi connectivity index (χ1) is 11.8. The zero-order valence-corrected chi connectivity index (χ0v) is 15.1. The molecule has 0 saturated carbocycles. The number of esters is 1. The number of nitrogens with zero attached hydrogens (tertiary/aromatic N) is 1. The van der Waals surface area contributed by atoms with Crippen LogP contribution in [0.2, 0.25) is 0 Å². The van der Waals surface area contributed by atoms with E-state index in [1.807, 2.05) is 6.92 Å². The van der Waals surface area contributed by atoms with Gasteiger partial charge in [-0.05, 0) is 24.8 Å². The van der Waals surface area contributed by atoms with Crippen LogP contribution in [0.15, 0.2) is 11.4 Å². The molecule has 3 amide bonds. The van der Waals surface area contributed by atoms with Crippen LogP contribution in [0.4, 0.5) is 5.00 Å². The minimum atomic E-state index is -0.666. The number of thiophene rings is 1. The number of nitrogens with two attached hydrogens (primary N) is 1. The molecule has 1 aromatic heterocycles. The number of primary amides is 1. The van der Waals surface area contributed by atoms with Gasteiger partial charge < -0.3 is 20.7 Å². The Bertz CT molecular complexity index is 749. The Morgan fingerprint density at radius 1 is 1.48 bits per heavy atom. The van der Waals surface area contributed by atoms with E-state index in [0.717, 1.165) is 11.3 Å². The highest BCUT2D eigenvalue weighted by Crippen LogP contribution is 2.47. The molecule has 0 spiro atoms. The second-order valence-corrected chi connectivity index (χ2v) is 8.37. The van der Waals surface area contributed by atoms with Gasteiger partial charge in [0.25, 0.3) is 11.8 Å². The zero-order valence-electron chi connectivity index (χ0n) is 13.4. The lowest BCUT2D eigenvalue weighted by molar-refractivity contribution is -0.155. The number of carbonyl (C=O) groups is 4. The van der Waals surface area contributed by atoms with Crippen molar-refractivity contribution in [1.82, 2.24) is 4.90 Å². The van der Waals surface area contributed by atoms with E-state index in [2.05, 4.69) is 5.32 Å². The predicted molar refractivity (Wildman–Crippen MR) is 93.2 cm³/mol. The fourth-order valence-electron chi connectivity index (χ4n) is 2.99. The molecule has 0 aliphatic carbocycles. The van der Waals surface area contributed by atoms with Crippen molar-refractivity contribution in [1.29, 1.82) is 0 Å². The van der Waals surface area contributed by atoms with Gasteiger partial charge in [0.2, 0.25) is 5.91 Å². The van der Waals surface area contributed by atoms with Crippen LogP contribution in [0.1, 0.15) is 30.1 Å². The van der Waals surface area contributed by atoms with Gasteiger partial charge in [0.15, 0.2) is 6.61 Å². The highest BCUT2D eigenvalue weighted by molar-refractivity contribution is 8.01. The molecule has 2 aliphatic rings. The maximum atomic E-state index is 12.3. The summed E-state index contributed by atoms with van der Waals surface area (Å²) in [5, 5.41) is 4.43. The number of amides is 3. The molecule has 0 radical (unpaired) electrons. The minimum absolute atomic E-state index is 0.0661. The summed E-state index contributed by atoms with van der Waals surface area (Å²) in [7, 11) is 0. The fraction of sp³-hybridized carbons (Fsp3) is 0.467. The van der Waals surface area contributed by atoms with Gasteiger partial charge in [0.05, 0.1) is 10.4 Å². The van der Waals surface area contributed by atoms with E-state index in [4.69, 9.17) is 10.5 Å². The third-order valence-corrected chi connectivity index (χ3v) is 6.58. The lowest BCUT2D eigenvalue weighted by Gasteiger charge is -2.29. The van der Waals surface area contributed by atoms with Gasteiger partial charge in [-0.15, -0.1) is 23.1 Å².